The van der Waals surface area contributed by atoms with Gasteiger partial charge in [0, 0.05) is 12.0 Å². The van der Waals surface area contributed by atoms with E-state index in [0.29, 0.717) is 18.5 Å². The number of fused-ring (bicyclic) bond motifs is 1. The number of imidazole rings is 1. The Hall–Kier alpha value is -2.62. The van der Waals surface area contributed by atoms with Crippen molar-refractivity contribution >= 4 is 16.9 Å². The topological polar surface area (TPSA) is 46.9 Å². The summed E-state index contributed by atoms with van der Waals surface area (Å²) in [6.45, 7) is 7.00. The maximum absolute atomic E-state index is 12.9. The van der Waals surface area contributed by atoms with Crippen molar-refractivity contribution in [3.05, 3.63) is 65.5 Å². The molecule has 1 amide bonds. The summed E-state index contributed by atoms with van der Waals surface area (Å²) in [6.07, 6.45) is 7.01. The highest BCUT2D eigenvalue weighted by Gasteiger charge is 2.21. The summed E-state index contributed by atoms with van der Waals surface area (Å²) in [4.78, 5) is 17.9. The molecule has 1 N–H and O–H groups in total. The molecule has 31 heavy (non-hydrogen) atoms. The van der Waals surface area contributed by atoms with Crippen molar-refractivity contribution in [2.45, 2.75) is 77.8 Å². The van der Waals surface area contributed by atoms with Gasteiger partial charge in [-0.2, -0.15) is 0 Å². The van der Waals surface area contributed by atoms with Crippen molar-refractivity contribution in [2.75, 3.05) is 0 Å². The van der Waals surface area contributed by atoms with E-state index < -0.39 is 0 Å². The lowest BCUT2D eigenvalue weighted by atomic mass is 9.95. The summed E-state index contributed by atoms with van der Waals surface area (Å²) in [6, 6.07) is 17.4. The van der Waals surface area contributed by atoms with Gasteiger partial charge in [0.05, 0.1) is 11.0 Å². The molecule has 4 rings (SSSR count). The lowest BCUT2D eigenvalue weighted by Crippen LogP contribution is -2.38. The molecule has 1 aromatic heterocycles. The second-order valence-corrected chi connectivity index (χ2v) is 9.51. The van der Waals surface area contributed by atoms with Crippen molar-refractivity contribution in [2.24, 2.45) is 5.92 Å². The molecule has 1 aliphatic rings. The molecule has 0 bridgehead atoms. The smallest absolute Gasteiger partial charge is 0.240 e. The number of hydrogen-bond acceptors (Lipinski definition) is 2. The van der Waals surface area contributed by atoms with Gasteiger partial charge in [-0.05, 0) is 48.4 Å². The average Bonchev–Trinajstić information content (AvgIpc) is 3.12. The molecule has 0 spiro atoms. The van der Waals surface area contributed by atoms with E-state index in [0.717, 1.165) is 36.1 Å². The fourth-order valence-electron chi connectivity index (χ4n) is 4.82. The first-order valence-electron chi connectivity index (χ1n) is 11.8. The van der Waals surface area contributed by atoms with Crippen LogP contribution in [-0.4, -0.2) is 21.5 Å². The zero-order chi connectivity index (χ0) is 21.8. The Bertz CT molecular complexity index is 1010. The minimum atomic E-state index is 0.0933. The van der Waals surface area contributed by atoms with Gasteiger partial charge in [-0.3, -0.25) is 4.79 Å². The van der Waals surface area contributed by atoms with Gasteiger partial charge in [0.25, 0.3) is 0 Å². The van der Waals surface area contributed by atoms with Crippen LogP contribution in [-0.2, 0) is 17.8 Å². The van der Waals surface area contributed by atoms with E-state index in [-0.39, 0.29) is 11.8 Å². The number of benzene rings is 2. The molecule has 4 nitrogen and oxygen atoms in total. The Kier molecular flexibility index (Phi) is 6.74. The van der Waals surface area contributed by atoms with E-state index in [1.165, 1.54) is 30.4 Å². The molecule has 1 fully saturated rings. The highest BCUT2D eigenvalue weighted by Crippen LogP contribution is 2.28. The van der Waals surface area contributed by atoms with Crippen LogP contribution in [0.1, 0.15) is 75.7 Å². The van der Waals surface area contributed by atoms with Crippen LogP contribution in [0.4, 0.5) is 0 Å². The molecule has 3 aromatic rings. The lowest BCUT2D eigenvalue weighted by Gasteiger charge is -2.23. The van der Waals surface area contributed by atoms with Crippen molar-refractivity contribution in [3.63, 3.8) is 0 Å². The molecule has 1 unspecified atom stereocenters. The van der Waals surface area contributed by atoms with Crippen LogP contribution in [0.3, 0.4) is 0 Å². The average molecular weight is 418 g/mol. The molecular formula is C27H35N3O. The van der Waals surface area contributed by atoms with Crippen LogP contribution in [0.25, 0.3) is 11.0 Å². The van der Waals surface area contributed by atoms with Crippen molar-refractivity contribution in [1.29, 1.82) is 0 Å². The Morgan fingerprint density at radius 1 is 1.03 bits per heavy atom. The van der Waals surface area contributed by atoms with Gasteiger partial charge in [-0.1, -0.05) is 76.4 Å². The minimum absolute atomic E-state index is 0.0933. The van der Waals surface area contributed by atoms with Gasteiger partial charge in [-0.25, -0.2) is 4.98 Å². The Morgan fingerprint density at radius 2 is 1.74 bits per heavy atom. The van der Waals surface area contributed by atoms with Crippen molar-refractivity contribution in [1.82, 2.24) is 14.9 Å². The first kappa shape index (κ1) is 21.6. The predicted octanol–water partition coefficient (Wildman–Crippen LogP) is 5.84. The summed E-state index contributed by atoms with van der Waals surface area (Å²) < 4.78 is 2.11. The Labute approximate surface area is 186 Å². The first-order valence-corrected chi connectivity index (χ1v) is 11.8. The van der Waals surface area contributed by atoms with Crippen LogP contribution in [0.15, 0.2) is 48.5 Å². The third-order valence-electron chi connectivity index (χ3n) is 6.47. The van der Waals surface area contributed by atoms with E-state index in [1.54, 1.807) is 0 Å². The first-order chi connectivity index (χ1) is 15.0. The van der Waals surface area contributed by atoms with Crippen LogP contribution in [0, 0.1) is 5.92 Å². The minimum Gasteiger partial charge on any atom is -0.352 e. The molecule has 2 aromatic carbocycles. The standard InChI is InChI=1S/C27H35N3O/c1-19(2)17-21-13-15-22(16-14-21)20(3)27-29-24-11-7-8-12-25(24)30(27)18-26(31)28-23-9-5-4-6-10-23/h7-8,11-16,19-20,23H,4-6,9-10,17-18H2,1-3H3,(H,28,31). The molecule has 164 valence electrons. The maximum Gasteiger partial charge on any atom is 0.240 e. The fourth-order valence-corrected chi connectivity index (χ4v) is 4.82. The monoisotopic (exact) mass is 417 g/mol. The second kappa shape index (κ2) is 9.67. The summed E-state index contributed by atoms with van der Waals surface area (Å²) in [5.41, 5.74) is 4.58. The van der Waals surface area contributed by atoms with Crippen LogP contribution in [0.5, 0.6) is 0 Å². The number of carbonyl (C=O) groups excluding carboxylic acids is 1. The molecule has 0 radical (unpaired) electrons. The van der Waals surface area contributed by atoms with Crippen LogP contribution >= 0.6 is 0 Å². The summed E-state index contributed by atoms with van der Waals surface area (Å²) in [5, 5.41) is 3.27. The third-order valence-corrected chi connectivity index (χ3v) is 6.47. The number of aromatic nitrogens is 2. The number of nitrogens with zero attached hydrogens (tertiary/aromatic N) is 2. The van der Waals surface area contributed by atoms with Crippen LogP contribution < -0.4 is 5.32 Å². The van der Waals surface area contributed by atoms with E-state index in [2.05, 4.69) is 61.0 Å². The highest BCUT2D eigenvalue weighted by molar-refractivity contribution is 5.81. The molecular weight excluding hydrogens is 382 g/mol. The Balaban J connectivity index is 1.59. The molecule has 1 aliphatic carbocycles. The number of amides is 1. The van der Waals surface area contributed by atoms with Gasteiger partial charge >= 0.3 is 0 Å². The molecule has 4 heteroatoms. The summed E-state index contributed by atoms with van der Waals surface area (Å²) in [5.74, 6) is 1.81. The summed E-state index contributed by atoms with van der Waals surface area (Å²) >= 11 is 0. The van der Waals surface area contributed by atoms with Crippen molar-refractivity contribution < 1.29 is 4.79 Å². The van der Waals surface area contributed by atoms with E-state index in [4.69, 9.17) is 4.98 Å². The molecule has 1 heterocycles. The normalized spacial score (nSPS) is 16.0. The van der Waals surface area contributed by atoms with E-state index in [1.807, 2.05) is 18.2 Å². The quantitative estimate of drug-likeness (QED) is 0.525. The summed E-state index contributed by atoms with van der Waals surface area (Å²) in [7, 11) is 0. The highest BCUT2D eigenvalue weighted by atomic mass is 16.2. The number of nitrogens with one attached hydrogen (secondary N) is 1. The zero-order valence-corrected chi connectivity index (χ0v) is 19.1. The van der Waals surface area contributed by atoms with Gasteiger partial charge < -0.3 is 9.88 Å². The van der Waals surface area contributed by atoms with Gasteiger partial charge in [0.1, 0.15) is 12.4 Å². The number of carbonyl (C=O) groups is 1. The van der Waals surface area contributed by atoms with Crippen molar-refractivity contribution in [3.8, 4) is 0 Å². The van der Waals surface area contributed by atoms with Gasteiger partial charge in [-0.15, -0.1) is 0 Å². The SMILES string of the molecule is CC(C)Cc1ccc(C(C)c2nc3ccccc3n2CC(=O)NC2CCCCC2)cc1. The number of rotatable bonds is 7. The maximum atomic E-state index is 12.9. The largest absolute Gasteiger partial charge is 0.352 e. The molecule has 1 saturated carbocycles. The predicted molar refractivity (Wildman–Crippen MR) is 127 cm³/mol. The number of hydrogen-bond donors (Lipinski definition) is 1. The zero-order valence-electron chi connectivity index (χ0n) is 19.1. The molecule has 1 atom stereocenters. The van der Waals surface area contributed by atoms with Gasteiger partial charge in [0.15, 0.2) is 0 Å². The lowest BCUT2D eigenvalue weighted by molar-refractivity contribution is -0.122. The molecule has 0 saturated heterocycles. The number of para-hydroxylation sites is 2. The van der Waals surface area contributed by atoms with Crippen LogP contribution in [0.2, 0.25) is 0 Å². The third kappa shape index (κ3) is 5.17. The van der Waals surface area contributed by atoms with E-state index in [9.17, 15) is 4.79 Å². The Morgan fingerprint density at radius 3 is 2.45 bits per heavy atom. The van der Waals surface area contributed by atoms with Gasteiger partial charge in [0.2, 0.25) is 5.91 Å². The fraction of sp³-hybridized carbons (Fsp3) is 0.481. The second-order valence-electron chi connectivity index (χ2n) is 9.51. The molecule has 0 aliphatic heterocycles. The van der Waals surface area contributed by atoms with E-state index >= 15 is 0 Å².